The molecule has 28 heavy (non-hydrogen) atoms. The summed E-state index contributed by atoms with van der Waals surface area (Å²) in [5.74, 6) is -1.04. The van der Waals surface area contributed by atoms with Gasteiger partial charge in [0.2, 0.25) is 0 Å². The molecule has 1 aromatic carbocycles. The number of aromatic carboxylic acids is 1. The molecule has 1 aliphatic rings. The Morgan fingerprint density at radius 1 is 1.18 bits per heavy atom. The Kier molecular flexibility index (Phi) is 4.77. The van der Waals surface area contributed by atoms with E-state index in [-0.39, 0.29) is 17.5 Å². The number of carbonyl (C=O) groups is 2. The van der Waals surface area contributed by atoms with Gasteiger partial charge in [-0.2, -0.15) is 5.10 Å². The minimum Gasteiger partial charge on any atom is -0.478 e. The second-order valence-corrected chi connectivity index (χ2v) is 7.32. The van der Waals surface area contributed by atoms with Gasteiger partial charge in [-0.15, -0.1) is 0 Å². The van der Waals surface area contributed by atoms with Gasteiger partial charge in [0.05, 0.1) is 34.0 Å². The highest BCUT2D eigenvalue weighted by Crippen LogP contribution is 2.29. The van der Waals surface area contributed by atoms with Gasteiger partial charge in [0.15, 0.2) is 0 Å². The Balaban J connectivity index is 1.52. The number of hydrogen-bond acceptors (Lipinski definition) is 4. The van der Waals surface area contributed by atoms with Crippen molar-refractivity contribution in [3.8, 4) is 0 Å². The number of aromatic nitrogens is 3. The number of fused-ring (bicyclic) bond motifs is 1. The van der Waals surface area contributed by atoms with Gasteiger partial charge in [0.25, 0.3) is 5.91 Å². The number of benzene rings is 1. The van der Waals surface area contributed by atoms with Crippen LogP contribution in [0, 0.1) is 6.92 Å². The second kappa shape index (κ2) is 7.24. The van der Waals surface area contributed by atoms with Crippen molar-refractivity contribution in [2.75, 3.05) is 13.1 Å². The first-order chi connectivity index (χ1) is 13.5. The van der Waals surface area contributed by atoms with Crippen LogP contribution >= 0.6 is 11.6 Å². The molecule has 2 aromatic heterocycles. The lowest BCUT2D eigenvalue weighted by Crippen LogP contribution is -2.39. The fourth-order valence-corrected chi connectivity index (χ4v) is 4.01. The van der Waals surface area contributed by atoms with Crippen molar-refractivity contribution in [2.24, 2.45) is 0 Å². The van der Waals surface area contributed by atoms with Gasteiger partial charge < -0.3 is 10.0 Å². The molecule has 3 aromatic rings. The molecule has 1 N–H and O–H groups in total. The fraction of sp³-hybridized carbons (Fsp3) is 0.300. The smallest absolute Gasteiger partial charge is 0.339 e. The summed E-state index contributed by atoms with van der Waals surface area (Å²) in [6.07, 6.45) is 4.47. The molecular weight excluding hydrogens is 380 g/mol. The van der Waals surface area contributed by atoms with Crippen LogP contribution in [0.1, 0.15) is 45.3 Å². The van der Waals surface area contributed by atoms with Crippen molar-refractivity contribution in [2.45, 2.75) is 25.8 Å². The van der Waals surface area contributed by atoms with Crippen LogP contribution in [-0.4, -0.2) is 49.7 Å². The quantitative estimate of drug-likeness (QED) is 0.728. The van der Waals surface area contributed by atoms with E-state index in [1.807, 2.05) is 11.0 Å². The number of piperidine rings is 1. The van der Waals surface area contributed by atoms with Crippen LogP contribution in [0.5, 0.6) is 0 Å². The van der Waals surface area contributed by atoms with Crippen LogP contribution in [0.15, 0.2) is 36.7 Å². The third kappa shape index (κ3) is 3.11. The van der Waals surface area contributed by atoms with Crippen LogP contribution in [0.2, 0.25) is 5.02 Å². The molecule has 7 nitrogen and oxygen atoms in total. The van der Waals surface area contributed by atoms with E-state index in [1.165, 1.54) is 6.20 Å². The standard InChI is InChI=1S/C20H19ClN4O3/c1-12-16(20(27)28)11-23-25(12)13-6-9-24(10-7-13)19(26)15-4-5-17(21)14-3-2-8-22-18(14)15/h2-5,8,11,13H,6-7,9-10H2,1H3,(H,27,28). The summed E-state index contributed by atoms with van der Waals surface area (Å²) in [4.78, 5) is 30.5. The Hall–Kier alpha value is -2.93. The SMILES string of the molecule is Cc1c(C(=O)O)cnn1C1CCN(C(=O)c2ccc(Cl)c3cccnc23)CC1. The zero-order chi connectivity index (χ0) is 19.8. The largest absolute Gasteiger partial charge is 0.478 e. The maximum Gasteiger partial charge on any atom is 0.339 e. The number of nitrogens with zero attached hydrogens (tertiary/aromatic N) is 4. The average Bonchev–Trinajstić information content (AvgIpc) is 3.10. The number of amides is 1. The molecule has 0 saturated carbocycles. The molecule has 8 heteroatoms. The molecule has 0 atom stereocenters. The summed E-state index contributed by atoms with van der Waals surface area (Å²) in [6, 6.07) is 7.19. The Morgan fingerprint density at radius 3 is 2.61 bits per heavy atom. The van der Waals surface area contributed by atoms with Gasteiger partial charge in [0.1, 0.15) is 5.56 Å². The number of rotatable bonds is 3. The molecule has 1 amide bonds. The summed E-state index contributed by atoms with van der Waals surface area (Å²) in [6.45, 7) is 2.91. The van der Waals surface area contributed by atoms with Crippen LogP contribution in [0.4, 0.5) is 0 Å². The van der Waals surface area contributed by atoms with Gasteiger partial charge >= 0.3 is 5.97 Å². The minimum atomic E-state index is -0.974. The molecule has 144 valence electrons. The summed E-state index contributed by atoms with van der Waals surface area (Å²) < 4.78 is 1.77. The maximum atomic E-state index is 13.1. The second-order valence-electron chi connectivity index (χ2n) is 6.91. The lowest BCUT2D eigenvalue weighted by atomic mass is 10.0. The van der Waals surface area contributed by atoms with Gasteiger partial charge in [0, 0.05) is 24.7 Å². The molecule has 0 spiro atoms. The number of likely N-dealkylation sites (tertiary alicyclic amines) is 1. The normalized spacial score (nSPS) is 15.1. The fourth-order valence-electron chi connectivity index (χ4n) is 3.80. The van der Waals surface area contributed by atoms with E-state index >= 15 is 0 Å². The summed E-state index contributed by atoms with van der Waals surface area (Å²) in [5, 5.41) is 14.8. The number of halogens is 1. The molecule has 1 aliphatic heterocycles. The lowest BCUT2D eigenvalue weighted by Gasteiger charge is -2.32. The molecule has 1 fully saturated rings. The van der Waals surface area contributed by atoms with Crippen molar-refractivity contribution >= 4 is 34.4 Å². The van der Waals surface area contributed by atoms with Gasteiger partial charge in [-0.25, -0.2) is 4.79 Å². The minimum absolute atomic E-state index is 0.0674. The molecule has 0 bridgehead atoms. The van der Waals surface area contributed by atoms with Gasteiger partial charge in [-0.05, 0) is 44.0 Å². The molecule has 0 unspecified atom stereocenters. The number of carboxylic acid groups (broad SMARTS) is 1. The van der Waals surface area contributed by atoms with E-state index in [0.29, 0.717) is 47.7 Å². The highest BCUT2D eigenvalue weighted by atomic mass is 35.5. The van der Waals surface area contributed by atoms with Crippen LogP contribution in [0.3, 0.4) is 0 Å². The first-order valence-electron chi connectivity index (χ1n) is 9.07. The predicted octanol–water partition coefficient (Wildman–Crippen LogP) is 3.57. The molecule has 3 heterocycles. The van der Waals surface area contributed by atoms with E-state index in [4.69, 9.17) is 11.6 Å². The zero-order valence-electron chi connectivity index (χ0n) is 15.3. The van der Waals surface area contributed by atoms with Gasteiger partial charge in [-0.3, -0.25) is 14.5 Å². The zero-order valence-corrected chi connectivity index (χ0v) is 16.1. The summed E-state index contributed by atoms with van der Waals surface area (Å²) in [5.41, 5.74) is 2.01. The lowest BCUT2D eigenvalue weighted by molar-refractivity contribution is 0.0689. The number of pyridine rings is 1. The Bertz CT molecular complexity index is 1070. The van der Waals surface area contributed by atoms with E-state index < -0.39 is 5.97 Å². The highest BCUT2D eigenvalue weighted by molar-refractivity contribution is 6.36. The van der Waals surface area contributed by atoms with Crippen LogP contribution in [-0.2, 0) is 0 Å². The van der Waals surface area contributed by atoms with E-state index in [2.05, 4.69) is 10.1 Å². The first-order valence-corrected chi connectivity index (χ1v) is 9.45. The number of carbonyl (C=O) groups excluding carboxylic acids is 1. The van der Waals surface area contributed by atoms with Crippen molar-refractivity contribution in [3.05, 3.63) is 58.5 Å². The maximum absolute atomic E-state index is 13.1. The average molecular weight is 399 g/mol. The van der Waals surface area contributed by atoms with E-state index in [0.717, 1.165) is 5.39 Å². The monoisotopic (exact) mass is 398 g/mol. The van der Waals surface area contributed by atoms with Crippen LogP contribution in [0.25, 0.3) is 10.9 Å². The summed E-state index contributed by atoms with van der Waals surface area (Å²) >= 11 is 6.23. The third-order valence-corrected chi connectivity index (χ3v) is 5.65. The first kappa shape index (κ1) is 18.4. The van der Waals surface area contributed by atoms with E-state index in [9.17, 15) is 14.7 Å². The van der Waals surface area contributed by atoms with Crippen molar-refractivity contribution in [3.63, 3.8) is 0 Å². The van der Waals surface area contributed by atoms with Crippen LogP contribution < -0.4 is 0 Å². The van der Waals surface area contributed by atoms with Gasteiger partial charge in [-0.1, -0.05) is 11.6 Å². The number of carboxylic acids is 1. The molecule has 4 rings (SSSR count). The third-order valence-electron chi connectivity index (χ3n) is 5.32. The number of hydrogen-bond donors (Lipinski definition) is 1. The van der Waals surface area contributed by atoms with Crippen molar-refractivity contribution < 1.29 is 14.7 Å². The molecule has 0 aliphatic carbocycles. The molecule has 1 saturated heterocycles. The summed E-state index contributed by atoms with van der Waals surface area (Å²) in [7, 11) is 0. The van der Waals surface area contributed by atoms with Crippen molar-refractivity contribution in [1.29, 1.82) is 0 Å². The topological polar surface area (TPSA) is 88.3 Å². The Morgan fingerprint density at radius 2 is 1.93 bits per heavy atom. The Labute approximate surface area is 166 Å². The molecular formula is C20H19ClN4O3. The van der Waals surface area contributed by atoms with E-state index in [1.54, 1.807) is 36.0 Å². The highest BCUT2D eigenvalue weighted by Gasteiger charge is 2.28. The predicted molar refractivity (Wildman–Crippen MR) is 105 cm³/mol. The molecule has 0 radical (unpaired) electrons. The van der Waals surface area contributed by atoms with Crippen molar-refractivity contribution in [1.82, 2.24) is 19.7 Å².